The number of pyridine rings is 1. The van der Waals surface area contributed by atoms with Crippen molar-refractivity contribution < 1.29 is 13.6 Å². The number of para-hydroxylation sites is 1. The fourth-order valence-corrected chi connectivity index (χ4v) is 2.85. The van der Waals surface area contributed by atoms with Crippen molar-refractivity contribution in [1.29, 1.82) is 0 Å². The highest BCUT2D eigenvalue weighted by atomic mass is 19.3. The number of nitrogens with one attached hydrogen (secondary N) is 1. The standard InChI is InChI=1S/C19H22F2N2O/c1-12(2)11-13(3)14-7-4-5-9-16(14)23-19(24)15-8-6-10-22-17(15)18(20)21/h4-10,12-13,18H,11H2,1-3H3,(H,23,24). The number of aromatic nitrogens is 1. The van der Waals surface area contributed by atoms with Crippen LogP contribution in [0.5, 0.6) is 0 Å². The van der Waals surface area contributed by atoms with E-state index in [1.165, 1.54) is 18.3 Å². The Morgan fingerprint density at radius 2 is 1.83 bits per heavy atom. The molecular formula is C19H22F2N2O. The minimum atomic E-state index is -2.79. The minimum absolute atomic E-state index is 0.0983. The smallest absolute Gasteiger partial charge is 0.281 e. The molecule has 1 unspecified atom stereocenters. The van der Waals surface area contributed by atoms with Crippen LogP contribution in [0.25, 0.3) is 0 Å². The largest absolute Gasteiger partial charge is 0.322 e. The number of benzene rings is 1. The number of halogens is 2. The Labute approximate surface area is 141 Å². The van der Waals surface area contributed by atoms with Gasteiger partial charge in [0.15, 0.2) is 0 Å². The Morgan fingerprint density at radius 3 is 2.50 bits per heavy atom. The van der Waals surface area contributed by atoms with E-state index in [0.29, 0.717) is 11.6 Å². The number of alkyl halides is 2. The van der Waals surface area contributed by atoms with Gasteiger partial charge in [-0.25, -0.2) is 8.78 Å². The van der Waals surface area contributed by atoms with Crippen LogP contribution in [-0.2, 0) is 0 Å². The molecule has 128 valence electrons. The van der Waals surface area contributed by atoms with Crippen LogP contribution in [0, 0.1) is 5.92 Å². The zero-order chi connectivity index (χ0) is 17.7. The van der Waals surface area contributed by atoms with Gasteiger partial charge in [0.2, 0.25) is 0 Å². The second kappa shape index (κ2) is 7.99. The van der Waals surface area contributed by atoms with Gasteiger partial charge in [0, 0.05) is 11.9 Å². The molecule has 1 aromatic carbocycles. The number of amides is 1. The van der Waals surface area contributed by atoms with Crippen molar-refractivity contribution >= 4 is 11.6 Å². The number of rotatable bonds is 6. The summed E-state index contributed by atoms with van der Waals surface area (Å²) in [6.45, 7) is 6.38. The van der Waals surface area contributed by atoms with Crippen molar-refractivity contribution in [2.75, 3.05) is 5.32 Å². The summed E-state index contributed by atoms with van der Waals surface area (Å²) in [5.74, 6) is 0.208. The molecular weight excluding hydrogens is 310 g/mol. The van der Waals surface area contributed by atoms with Crippen molar-refractivity contribution in [3.05, 3.63) is 59.4 Å². The highest BCUT2D eigenvalue weighted by Crippen LogP contribution is 2.30. The van der Waals surface area contributed by atoms with Gasteiger partial charge in [-0.05, 0) is 42.0 Å². The molecule has 1 amide bonds. The second-order valence-electron chi connectivity index (χ2n) is 6.31. The van der Waals surface area contributed by atoms with Crippen molar-refractivity contribution in [2.45, 2.75) is 39.5 Å². The fourth-order valence-electron chi connectivity index (χ4n) is 2.85. The highest BCUT2D eigenvalue weighted by Gasteiger charge is 2.21. The first-order chi connectivity index (χ1) is 11.4. The summed E-state index contributed by atoms with van der Waals surface area (Å²) in [5, 5.41) is 2.76. The van der Waals surface area contributed by atoms with E-state index < -0.39 is 18.0 Å². The molecule has 1 heterocycles. The molecule has 0 aliphatic carbocycles. The molecule has 0 radical (unpaired) electrons. The lowest BCUT2D eigenvalue weighted by Crippen LogP contribution is -2.17. The number of carbonyl (C=O) groups is 1. The summed E-state index contributed by atoms with van der Waals surface area (Å²) in [6.07, 6.45) is -0.555. The zero-order valence-electron chi connectivity index (χ0n) is 14.1. The first-order valence-corrected chi connectivity index (χ1v) is 8.03. The number of hydrogen-bond acceptors (Lipinski definition) is 2. The fraction of sp³-hybridized carbons (Fsp3) is 0.368. The Balaban J connectivity index is 2.27. The third-order valence-corrected chi connectivity index (χ3v) is 3.85. The quantitative estimate of drug-likeness (QED) is 0.767. The van der Waals surface area contributed by atoms with Crippen LogP contribution >= 0.6 is 0 Å². The molecule has 2 rings (SSSR count). The van der Waals surface area contributed by atoms with Crippen molar-refractivity contribution in [3.8, 4) is 0 Å². The van der Waals surface area contributed by atoms with Gasteiger partial charge in [-0.2, -0.15) is 0 Å². The van der Waals surface area contributed by atoms with Gasteiger partial charge in [-0.3, -0.25) is 9.78 Å². The van der Waals surface area contributed by atoms with E-state index in [1.807, 2.05) is 18.2 Å². The second-order valence-corrected chi connectivity index (χ2v) is 6.31. The third kappa shape index (κ3) is 4.37. The summed E-state index contributed by atoms with van der Waals surface area (Å²) in [5.41, 5.74) is 1.06. The Bertz CT molecular complexity index is 701. The first-order valence-electron chi connectivity index (χ1n) is 8.03. The normalized spacial score (nSPS) is 12.5. The maximum atomic E-state index is 13.0. The van der Waals surface area contributed by atoms with Crippen molar-refractivity contribution in [3.63, 3.8) is 0 Å². The summed E-state index contributed by atoms with van der Waals surface area (Å²) >= 11 is 0. The average Bonchev–Trinajstić information content (AvgIpc) is 2.54. The lowest BCUT2D eigenvalue weighted by Gasteiger charge is -2.19. The SMILES string of the molecule is CC(C)CC(C)c1ccccc1NC(=O)c1cccnc1C(F)F. The molecule has 0 spiro atoms. The van der Waals surface area contributed by atoms with Gasteiger partial charge in [0.25, 0.3) is 12.3 Å². The number of anilines is 1. The molecule has 0 saturated carbocycles. The third-order valence-electron chi connectivity index (χ3n) is 3.85. The van der Waals surface area contributed by atoms with E-state index in [9.17, 15) is 13.6 Å². The van der Waals surface area contributed by atoms with E-state index in [2.05, 4.69) is 31.1 Å². The highest BCUT2D eigenvalue weighted by molar-refractivity contribution is 6.05. The van der Waals surface area contributed by atoms with Crippen LogP contribution in [0.3, 0.4) is 0 Å². The lowest BCUT2D eigenvalue weighted by molar-refractivity contribution is 0.100. The molecule has 24 heavy (non-hydrogen) atoms. The van der Waals surface area contributed by atoms with E-state index in [0.717, 1.165) is 12.0 Å². The molecule has 1 aromatic heterocycles. The van der Waals surface area contributed by atoms with Crippen LogP contribution in [0.2, 0.25) is 0 Å². The van der Waals surface area contributed by atoms with Crippen LogP contribution in [0.15, 0.2) is 42.6 Å². The molecule has 0 aliphatic heterocycles. The number of nitrogens with zero attached hydrogens (tertiary/aromatic N) is 1. The predicted molar refractivity (Wildman–Crippen MR) is 91.5 cm³/mol. The minimum Gasteiger partial charge on any atom is -0.322 e. The van der Waals surface area contributed by atoms with Gasteiger partial charge in [-0.1, -0.05) is 39.0 Å². The molecule has 0 saturated heterocycles. The topological polar surface area (TPSA) is 42.0 Å². The lowest BCUT2D eigenvalue weighted by atomic mass is 9.91. The predicted octanol–water partition coefficient (Wildman–Crippen LogP) is 5.42. The van der Waals surface area contributed by atoms with E-state index in [4.69, 9.17) is 0 Å². The molecule has 0 aliphatic rings. The maximum Gasteiger partial charge on any atom is 0.281 e. The van der Waals surface area contributed by atoms with Crippen LogP contribution in [0.4, 0.5) is 14.5 Å². The molecule has 3 nitrogen and oxygen atoms in total. The van der Waals surface area contributed by atoms with Crippen LogP contribution in [-0.4, -0.2) is 10.9 Å². The molecule has 0 fully saturated rings. The van der Waals surface area contributed by atoms with Crippen molar-refractivity contribution in [2.24, 2.45) is 5.92 Å². The summed E-state index contributed by atoms with van der Waals surface area (Å²) < 4.78 is 26.1. The summed E-state index contributed by atoms with van der Waals surface area (Å²) in [7, 11) is 0. The van der Waals surface area contributed by atoms with Gasteiger partial charge >= 0.3 is 0 Å². The van der Waals surface area contributed by atoms with E-state index >= 15 is 0 Å². The Kier molecular flexibility index (Phi) is 6.01. The molecule has 5 heteroatoms. The maximum absolute atomic E-state index is 13.0. The van der Waals surface area contributed by atoms with E-state index in [-0.39, 0.29) is 11.5 Å². The Morgan fingerprint density at radius 1 is 1.12 bits per heavy atom. The first kappa shape index (κ1) is 18.0. The van der Waals surface area contributed by atoms with Gasteiger partial charge in [0.05, 0.1) is 5.56 Å². The van der Waals surface area contributed by atoms with Gasteiger partial charge in [-0.15, -0.1) is 0 Å². The van der Waals surface area contributed by atoms with Gasteiger partial charge in [0.1, 0.15) is 5.69 Å². The number of carbonyl (C=O) groups excluding carboxylic acids is 1. The molecule has 1 N–H and O–H groups in total. The van der Waals surface area contributed by atoms with Crippen LogP contribution < -0.4 is 5.32 Å². The zero-order valence-corrected chi connectivity index (χ0v) is 14.1. The Hall–Kier alpha value is -2.30. The molecule has 2 aromatic rings. The molecule has 0 bridgehead atoms. The van der Waals surface area contributed by atoms with Gasteiger partial charge < -0.3 is 5.32 Å². The average molecular weight is 332 g/mol. The van der Waals surface area contributed by atoms with Crippen molar-refractivity contribution in [1.82, 2.24) is 4.98 Å². The molecule has 1 atom stereocenters. The monoisotopic (exact) mass is 332 g/mol. The van der Waals surface area contributed by atoms with E-state index in [1.54, 1.807) is 6.07 Å². The van der Waals surface area contributed by atoms with Crippen LogP contribution in [0.1, 0.15) is 61.2 Å². The summed E-state index contributed by atoms with van der Waals surface area (Å²) in [4.78, 5) is 16.1. The summed E-state index contributed by atoms with van der Waals surface area (Å²) in [6, 6.07) is 10.3. The number of hydrogen-bond donors (Lipinski definition) is 1.